The number of carbonyl (C=O) groups is 1. The first-order valence-corrected chi connectivity index (χ1v) is 10.9. The molecule has 2 aliphatic heterocycles. The number of ether oxygens (including phenoxy) is 1. The lowest BCUT2D eigenvalue weighted by Gasteiger charge is -2.33. The van der Waals surface area contributed by atoms with Gasteiger partial charge < -0.3 is 19.9 Å². The van der Waals surface area contributed by atoms with Gasteiger partial charge in [-0.3, -0.25) is 4.79 Å². The van der Waals surface area contributed by atoms with E-state index in [1.54, 1.807) is 11.3 Å². The monoisotopic (exact) mass is 408 g/mol. The summed E-state index contributed by atoms with van der Waals surface area (Å²) in [6.07, 6.45) is 0.801. The summed E-state index contributed by atoms with van der Waals surface area (Å²) in [6.45, 7) is 4.53. The number of thiazole rings is 1. The molecule has 1 amide bonds. The van der Waals surface area contributed by atoms with Crippen LogP contribution in [-0.2, 0) is 0 Å². The summed E-state index contributed by atoms with van der Waals surface area (Å²) >= 11 is 1.67. The van der Waals surface area contributed by atoms with E-state index >= 15 is 0 Å². The zero-order valence-electron chi connectivity index (χ0n) is 16.4. The molecule has 3 aromatic rings. The predicted molar refractivity (Wildman–Crippen MR) is 116 cm³/mol. The first-order valence-electron chi connectivity index (χ1n) is 10.1. The summed E-state index contributed by atoms with van der Waals surface area (Å²) in [5.41, 5.74) is 2.74. The summed E-state index contributed by atoms with van der Waals surface area (Å²) in [7, 11) is 1.89. The van der Waals surface area contributed by atoms with Gasteiger partial charge in [-0.05, 0) is 24.3 Å². The maximum atomic E-state index is 13.3. The Morgan fingerprint density at radius 2 is 2.07 bits per heavy atom. The molecule has 1 saturated heterocycles. The van der Waals surface area contributed by atoms with Crippen molar-refractivity contribution in [2.45, 2.75) is 12.5 Å². The van der Waals surface area contributed by atoms with Crippen LogP contribution in [0.4, 0.5) is 5.13 Å². The topological polar surface area (TPSA) is 57.7 Å². The number of rotatable bonds is 3. The number of piperazine rings is 1. The number of anilines is 1. The third-order valence-corrected chi connectivity index (χ3v) is 6.81. The van der Waals surface area contributed by atoms with Crippen LogP contribution in [0.3, 0.4) is 0 Å². The first-order chi connectivity index (χ1) is 14.2. The number of hydrogen-bond donors (Lipinski definition) is 1. The lowest BCUT2D eigenvalue weighted by molar-refractivity contribution is 0.0686. The zero-order chi connectivity index (χ0) is 19.8. The number of aromatic nitrogens is 1. The molecule has 3 heterocycles. The molecule has 0 bridgehead atoms. The van der Waals surface area contributed by atoms with Crippen molar-refractivity contribution in [1.82, 2.24) is 15.2 Å². The Balaban J connectivity index is 1.41. The molecule has 6 nitrogen and oxygen atoms in total. The minimum atomic E-state index is 0.0287. The number of nitrogens with zero attached hydrogens (tertiary/aromatic N) is 3. The van der Waals surface area contributed by atoms with Crippen LogP contribution in [0.25, 0.3) is 10.2 Å². The van der Waals surface area contributed by atoms with E-state index in [0.717, 1.165) is 59.3 Å². The molecule has 150 valence electrons. The molecule has 2 aliphatic rings. The highest BCUT2D eigenvalue weighted by Gasteiger charge is 2.28. The number of para-hydroxylation sites is 1. The van der Waals surface area contributed by atoms with E-state index in [1.165, 1.54) is 0 Å². The molecular formula is C22H24N4O2S. The molecule has 0 radical (unpaired) electrons. The average Bonchev–Trinajstić information content (AvgIpc) is 3.22. The number of fused-ring (bicyclic) bond motifs is 2. The largest absolute Gasteiger partial charge is 0.493 e. The summed E-state index contributed by atoms with van der Waals surface area (Å²) in [5.74, 6) is 0.910. The number of benzene rings is 2. The van der Waals surface area contributed by atoms with E-state index in [4.69, 9.17) is 9.72 Å². The van der Waals surface area contributed by atoms with E-state index in [0.29, 0.717) is 12.2 Å². The summed E-state index contributed by atoms with van der Waals surface area (Å²) in [5, 5.41) is 4.41. The Hall–Kier alpha value is -2.64. The smallest absolute Gasteiger partial charge is 0.254 e. The Morgan fingerprint density at radius 3 is 2.93 bits per heavy atom. The third kappa shape index (κ3) is 3.45. The van der Waals surface area contributed by atoms with Crippen molar-refractivity contribution >= 4 is 32.6 Å². The second kappa shape index (κ2) is 7.65. The van der Waals surface area contributed by atoms with Gasteiger partial charge >= 0.3 is 0 Å². The van der Waals surface area contributed by atoms with Crippen molar-refractivity contribution in [2.75, 3.05) is 44.7 Å². The molecule has 0 aliphatic carbocycles. The van der Waals surface area contributed by atoms with Crippen molar-refractivity contribution < 1.29 is 9.53 Å². The first kappa shape index (κ1) is 18.4. The van der Waals surface area contributed by atoms with Crippen molar-refractivity contribution in [3.8, 4) is 5.75 Å². The van der Waals surface area contributed by atoms with Crippen molar-refractivity contribution in [3.05, 3.63) is 53.6 Å². The molecule has 1 atom stereocenters. The fourth-order valence-electron chi connectivity index (χ4n) is 4.11. The highest BCUT2D eigenvalue weighted by molar-refractivity contribution is 7.22. The van der Waals surface area contributed by atoms with E-state index in [-0.39, 0.29) is 11.9 Å². The van der Waals surface area contributed by atoms with Crippen LogP contribution in [0, 0.1) is 0 Å². The van der Waals surface area contributed by atoms with Crippen LogP contribution < -0.4 is 15.0 Å². The van der Waals surface area contributed by atoms with Crippen molar-refractivity contribution in [3.63, 3.8) is 0 Å². The van der Waals surface area contributed by atoms with Crippen molar-refractivity contribution in [1.29, 1.82) is 0 Å². The highest BCUT2D eigenvalue weighted by Crippen LogP contribution is 2.36. The van der Waals surface area contributed by atoms with Crippen LogP contribution in [0.1, 0.15) is 28.4 Å². The predicted octanol–water partition coefficient (Wildman–Crippen LogP) is 3.30. The van der Waals surface area contributed by atoms with Gasteiger partial charge in [-0.15, -0.1) is 0 Å². The van der Waals surface area contributed by atoms with Gasteiger partial charge in [0.15, 0.2) is 5.13 Å². The lowest BCUT2D eigenvalue weighted by atomic mass is 9.98. The second-order valence-electron chi connectivity index (χ2n) is 7.52. The Kier molecular flexibility index (Phi) is 4.85. The van der Waals surface area contributed by atoms with Gasteiger partial charge in [-0.1, -0.05) is 29.5 Å². The molecule has 1 N–H and O–H groups in total. The average molecular weight is 409 g/mol. The summed E-state index contributed by atoms with van der Waals surface area (Å²) in [4.78, 5) is 22.2. The number of nitrogens with one attached hydrogen (secondary N) is 1. The molecule has 0 saturated carbocycles. The minimum absolute atomic E-state index is 0.0287. The number of hydrogen-bond acceptors (Lipinski definition) is 6. The van der Waals surface area contributed by atoms with Gasteiger partial charge in [-0.2, -0.15) is 0 Å². The summed E-state index contributed by atoms with van der Waals surface area (Å²) < 4.78 is 6.81. The molecular weight excluding hydrogens is 384 g/mol. The summed E-state index contributed by atoms with van der Waals surface area (Å²) in [6, 6.07) is 13.9. The Morgan fingerprint density at radius 1 is 1.24 bits per heavy atom. The molecule has 29 heavy (non-hydrogen) atoms. The van der Waals surface area contributed by atoms with Gasteiger partial charge in [0, 0.05) is 50.8 Å². The number of amides is 1. The third-order valence-electron chi connectivity index (χ3n) is 5.73. The maximum absolute atomic E-state index is 13.3. The number of carbonyl (C=O) groups excluding carboxylic acids is 1. The second-order valence-corrected chi connectivity index (χ2v) is 8.53. The Bertz CT molecular complexity index is 1040. The van der Waals surface area contributed by atoms with Crippen LogP contribution >= 0.6 is 11.3 Å². The van der Waals surface area contributed by atoms with E-state index in [9.17, 15) is 4.79 Å². The van der Waals surface area contributed by atoms with Gasteiger partial charge in [0.1, 0.15) is 5.75 Å². The fraction of sp³-hybridized carbons (Fsp3) is 0.364. The van der Waals surface area contributed by atoms with Gasteiger partial charge in [-0.25, -0.2) is 4.98 Å². The van der Waals surface area contributed by atoms with Gasteiger partial charge in [0.05, 0.1) is 22.9 Å². The minimum Gasteiger partial charge on any atom is -0.493 e. The lowest BCUT2D eigenvalue weighted by Crippen LogP contribution is -2.43. The molecule has 2 aromatic carbocycles. The normalized spacial score (nSPS) is 18.9. The van der Waals surface area contributed by atoms with Gasteiger partial charge in [0.2, 0.25) is 0 Å². The molecule has 0 spiro atoms. The fourth-order valence-corrected chi connectivity index (χ4v) is 5.16. The molecule has 5 rings (SSSR count). The van der Waals surface area contributed by atoms with E-state index in [2.05, 4.69) is 16.3 Å². The molecule has 1 fully saturated rings. The van der Waals surface area contributed by atoms with Crippen LogP contribution in [-0.4, -0.2) is 55.6 Å². The molecule has 7 heteroatoms. The zero-order valence-corrected chi connectivity index (χ0v) is 17.2. The van der Waals surface area contributed by atoms with Crippen molar-refractivity contribution in [2.24, 2.45) is 0 Å². The van der Waals surface area contributed by atoms with E-state index in [1.807, 2.05) is 48.3 Å². The van der Waals surface area contributed by atoms with Crippen LogP contribution in [0.2, 0.25) is 0 Å². The van der Waals surface area contributed by atoms with Crippen LogP contribution in [0.15, 0.2) is 42.5 Å². The molecule has 1 unspecified atom stereocenters. The van der Waals surface area contributed by atoms with Crippen LogP contribution in [0.5, 0.6) is 5.75 Å². The Labute approximate surface area is 174 Å². The SMILES string of the molecule is CN(C(=O)c1ccc2nc(N3CCNCC3)sc2c1)C1CCOc2ccccc21. The quantitative estimate of drug-likeness (QED) is 0.721. The van der Waals surface area contributed by atoms with Gasteiger partial charge in [0.25, 0.3) is 5.91 Å². The van der Waals surface area contributed by atoms with E-state index < -0.39 is 0 Å². The molecule has 1 aromatic heterocycles. The maximum Gasteiger partial charge on any atom is 0.254 e. The highest BCUT2D eigenvalue weighted by atomic mass is 32.1. The standard InChI is InChI=1S/C22H24N4O2S/c1-25(18-8-13-28-19-5-3-2-4-16(18)19)21(27)15-6-7-17-20(14-15)29-22(24-17)26-11-9-23-10-12-26/h2-7,14,18,23H,8-13H2,1H3.